The van der Waals surface area contributed by atoms with Crippen LogP contribution in [0.15, 0.2) is 16.3 Å². The summed E-state index contributed by atoms with van der Waals surface area (Å²) in [5.41, 5.74) is 0. The molecule has 10 heteroatoms. The molecule has 8 nitrogen and oxygen atoms in total. The lowest BCUT2D eigenvalue weighted by Crippen LogP contribution is -2.40. The van der Waals surface area contributed by atoms with Gasteiger partial charge in [0.25, 0.3) is 10.0 Å². The highest BCUT2D eigenvalue weighted by molar-refractivity contribution is 7.91. The number of sulfonamides is 1. The quantitative estimate of drug-likeness (QED) is 0.604. The van der Waals surface area contributed by atoms with Gasteiger partial charge in [0, 0.05) is 43.9 Å². The minimum Gasteiger partial charge on any atom is -0.379 e. The maximum Gasteiger partial charge on any atom is 0.252 e. The van der Waals surface area contributed by atoms with Crippen LogP contribution in [-0.4, -0.2) is 68.8 Å². The molecule has 1 aromatic rings. The van der Waals surface area contributed by atoms with E-state index in [9.17, 15) is 18.0 Å². The molecule has 1 aliphatic rings. The van der Waals surface area contributed by atoms with Crippen LogP contribution in [0.3, 0.4) is 0 Å². The van der Waals surface area contributed by atoms with Gasteiger partial charge in [0.15, 0.2) is 0 Å². The molecule has 0 radical (unpaired) electrons. The predicted octanol–water partition coefficient (Wildman–Crippen LogP) is 1.42. The van der Waals surface area contributed by atoms with Crippen molar-refractivity contribution in [2.24, 2.45) is 0 Å². The fourth-order valence-corrected chi connectivity index (χ4v) is 5.77. The van der Waals surface area contributed by atoms with E-state index < -0.39 is 10.0 Å². The normalized spacial score (nSPS) is 15.4. The van der Waals surface area contributed by atoms with Crippen LogP contribution in [0.4, 0.5) is 0 Å². The number of amides is 2. The van der Waals surface area contributed by atoms with Gasteiger partial charge >= 0.3 is 0 Å². The molecule has 1 aliphatic heterocycles. The fraction of sp³-hybridized carbons (Fsp3) is 0.667. The molecule has 0 bridgehead atoms. The molecule has 2 rings (SSSR count). The first kappa shape index (κ1) is 22.8. The van der Waals surface area contributed by atoms with E-state index >= 15 is 0 Å². The van der Waals surface area contributed by atoms with E-state index in [1.165, 1.54) is 15.6 Å². The second-order valence-electron chi connectivity index (χ2n) is 6.43. The van der Waals surface area contributed by atoms with Crippen LogP contribution in [0.25, 0.3) is 0 Å². The number of rotatable bonds is 10. The summed E-state index contributed by atoms with van der Waals surface area (Å²) in [6, 6.07) is 3.31. The Labute approximate surface area is 170 Å². The summed E-state index contributed by atoms with van der Waals surface area (Å²) >= 11 is 1.17. The maximum atomic E-state index is 12.6. The van der Waals surface area contributed by atoms with Crippen molar-refractivity contribution in [3.8, 4) is 0 Å². The molecular formula is C18H29N3O5S2. The lowest BCUT2D eigenvalue weighted by atomic mass is 10.2. The first-order valence-electron chi connectivity index (χ1n) is 9.59. The van der Waals surface area contributed by atoms with Crippen LogP contribution in [0, 0.1) is 0 Å². The highest BCUT2D eigenvalue weighted by Crippen LogP contribution is 2.25. The molecule has 2 amide bonds. The number of morpholine rings is 1. The molecule has 1 fully saturated rings. The number of hydrogen-bond acceptors (Lipinski definition) is 6. The highest BCUT2D eigenvalue weighted by Gasteiger charge is 2.27. The number of ether oxygens (including phenoxy) is 1. The topological polar surface area (TPSA) is 96.0 Å². The smallest absolute Gasteiger partial charge is 0.252 e. The second kappa shape index (κ2) is 10.9. The zero-order chi connectivity index (χ0) is 20.6. The van der Waals surface area contributed by atoms with E-state index in [4.69, 9.17) is 4.74 Å². The van der Waals surface area contributed by atoms with Gasteiger partial charge in [-0.25, -0.2) is 8.42 Å². The van der Waals surface area contributed by atoms with Crippen LogP contribution in [0.5, 0.6) is 0 Å². The van der Waals surface area contributed by atoms with Gasteiger partial charge in [0.05, 0.1) is 19.8 Å². The van der Waals surface area contributed by atoms with Crippen molar-refractivity contribution in [1.82, 2.24) is 14.5 Å². The summed E-state index contributed by atoms with van der Waals surface area (Å²) in [6.45, 7) is 7.04. The Bertz CT molecular complexity index is 753. The van der Waals surface area contributed by atoms with Crippen molar-refractivity contribution < 1.29 is 22.7 Å². The van der Waals surface area contributed by atoms with Crippen molar-refractivity contribution in [1.29, 1.82) is 0 Å². The fourth-order valence-electron chi connectivity index (χ4n) is 2.91. The summed E-state index contributed by atoms with van der Waals surface area (Å²) < 4.78 is 32.1. The van der Waals surface area contributed by atoms with Crippen molar-refractivity contribution in [3.05, 3.63) is 17.0 Å². The van der Waals surface area contributed by atoms with E-state index in [2.05, 4.69) is 5.32 Å². The average molecular weight is 432 g/mol. The second-order valence-corrected chi connectivity index (χ2v) is 9.77. The first-order chi connectivity index (χ1) is 13.4. The maximum absolute atomic E-state index is 12.6. The number of thiophene rings is 1. The van der Waals surface area contributed by atoms with Crippen LogP contribution < -0.4 is 5.32 Å². The van der Waals surface area contributed by atoms with Crippen LogP contribution in [0.1, 0.15) is 38.0 Å². The third-order valence-electron chi connectivity index (χ3n) is 4.57. The van der Waals surface area contributed by atoms with Gasteiger partial charge in [-0.2, -0.15) is 4.31 Å². The molecule has 0 aromatic carbocycles. The van der Waals surface area contributed by atoms with E-state index in [1.807, 2.05) is 13.8 Å². The van der Waals surface area contributed by atoms with Crippen molar-refractivity contribution in [3.63, 3.8) is 0 Å². The molecule has 1 aromatic heterocycles. The average Bonchev–Trinajstić information content (AvgIpc) is 3.18. The molecular weight excluding hydrogens is 402 g/mol. The number of carbonyl (C=O) groups excluding carboxylic acids is 2. The van der Waals surface area contributed by atoms with Gasteiger partial charge in [-0.3, -0.25) is 9.59 Å². The molecule has 28 heavy (non-hydrogen) atoms. The molecule has 0 spiro atoms. The summed E-state index contributed by atoms with van der Waals surface area (Å²) in [5, 5.41) is 2.79. The van der Waals surface area contributed by atoms with Gasteiger partial charge in [-0.1, -0.05) is 0 Å². The van der Waals surface area contributed by atoms with Gasteiger partial charge in [0.2, 0.25) is 11.8 Å². The van der Waals surface area contributed by atoms with Gasteiger partial charge in [0.1, 0.15) is 4.21 Å². The van der Waals surface area contributed by atoms with E-state index in [1.54, 1.807) is 17.0 Å². The Balaban J connectivity index is 1.77. The van der Waals surface area contributed by atoms with Crippen LogP contribution >= 0.6 is 11.3 Å². The van der Waals surface area contributed by atoms with Crippen molar-refractivity contribution >= 4 is 33.2 Å². The lowest BCUT2D eigenvalue weighted by molar-refractivity contribution is -0.131. The Morgan fingerprint density at radius 1 is 1.18 bits per heavy atom. The highest BCUT2D eigenvalue weighted by atomic mass is 32.2. The zero-order valence-corrected chi connectivity index (χ0v) is 18.1. The van der Waals surface area contributed by atoms with E-state index in [-0.39, 0.29) is 29.0 Å². The molecule has 0 atom stereocenters. The Morgan fingerprint density at radius 3 is 2.50 bits per heavy atom. The Morgan fingerprint density at radius 2 is 1.86 bits per heavy atom. The van der Waals surface area contributed by atoms with Gasteiger partial charge in [-0.05, 0) is 32.4 Å². The summed E-state index contributed by atoms with van der Waals surface area (Å²) in [4.78, 5) is 26.4. The van der Waals surface area contributed by atoms with Crippen LogP contribution in [0.2, 0.25) is 0 Å². The predicted molar refractivity (Wildman–Crippen MR) is 108 cm³/mol. The van der Waals surface area contributed by atoms with Gasteiger partial charge < -0.3 is 15.0 Å². The minimum absolute atomic E-state index is 0.0639. The molecule has 0 unspecified atom stereocenters. The Kier molecular flexibility index (Phi) is 8.87. The molecule has 0 aliphatic carbocycles. The number of carbonyl (C=O) groups is 2. The molecule has 2 heterocycles. The number of hydrogen-bond donors (Lipinski definition) is 1. The number of nitrogens with zero attached hydrogens (tertiary/aromatic N) is 2. The molecule has 0 saturated carbocycles. The minimum atomic E-state index is -3.50. The zero-order valence-electron chi connectivity index (χ0n) is 16.5. The summed E-state index contributed by atoms with van der Waals surface area (Å²) in [6.07, 6.45) is 1.13. The third-order valence-corrected chi connectivity index (χ3v) is 8.02. The Hall–Kier alpha value is -1.49. The summed E-state index contributed by atoms with van der Waals surface area (Å²) in [7, 11) is -3.50. The summed E-state index contributed by atoms with van der Waals surface area (Å²) in [5.74, 6) is -0.0765. The molecule has 1 saturated heterocycles. The largest absolute Gasteiger partial charge is 0.379 e. The van der Waals surface area contributed by atoms with Crippen molar-refractivity contribution in [2.45, 2.75) is 43.9 Å². The first-order valence-corrected chi connectivity index (χ1v) is 11.8. The lowest BCUT2D eigenvalue weighted by Gasteiger charge is -2.25. The SMILES string of the molecule is CCN(CC)C(=O)CCCC(=O)NCc1ccc(S(=O)(=O)N2CCOCC2)s1. The van der Waals surface area contributed by atoms with Crippen LogP contribution in [-0.2, 0) is 30.9 Å². The van der Waals surface area contributed by atoms with E-state index in [0.717, 1.165) is 4.88 Å². The van der Waals surface area contributed by atoms with E-state index in [0.29, 0.717) is 52.2 Å². The van der Waals surface area contributed by atoms with Crippen molar-refractivity contribution in [2.75, 3.05) is 39.4 Å². The molecule has 1 N–H and O–H groups in total. The standard InChI is InChI=1S/C18H29N3O5S2/c1-3-20(4-2)17(23)7-5-6-16(22)19-14-15-8-9-18(27-15)28(24,25)21-10-12-26-13-11-21/h8-9H,3-7,10-14H2,1-2H3,(H,19,22). The third kappa shape index (κ3) is 6.26. The monoisotopic (exact) mass is 431 g/mol. The van der Waals surface area contributed by atoms with Gasteiger partial charge in [-0.15, -0.1) is 11.3 Å². The number of nitrogens with one attached hydrogen (secondary N) is 1. The molecule has 158 valence electrons.